The Bertz CT molecular complexity index is 697. The highest BCUT2D eigenvalue weighted by atomic mass is 127. The molecule has 0 aliphatic rings. The molecule has 0 aliphatic carbocycles. The molecule has 0 aromatic heterocycles. The number of halogens is 4. The zero-order chi connectivity index (χ0) is 14.9. The summed E-state index contributed by atoms with van der Waals surface area (Å²) >= 11 is 4.69. The van der Waals surface area contributed by atoms with E-state index in [1.165, 1.54) is 18.2 Å². The number of hydrogen-bond acceptors (Lipinski definition) is 3. The van der Waals surface area contributed by atoms with Gasteiger partial charge in [-0.15, -0.1) is 0 Å². The molecule has 0 spiro atoms. The summed E-state index contributed by atoms with van der Waals surface area (Å²) in [5, 5.41) is 13.4. The first-order valence-corrected chi connectivity index (χ1v) is 7.11. The van der Waals surface area contributed by atoms with Gasteiger partial charge in [-0.2, -0.15) is 0 Å². The minimum absolute atomic E-state index is 0.0267. The van der Waals surface area contributed by atoms with Gasteiger partial charge in [-0.3, -0.25) is 10.1 Å². The molecule has 104 valence electrons. The van der Waals surface area contributed by atoms with Crippen LogP contribution >= 0.6 is 38.5 Å². The lowest BCUT2D eigenvalue weighted by molar-refractivity contribution is -0.385. The van der Waals surface area contributed by atoms with Crippen LogP contribution < -0.4 is 5.32 Å². The summed E-state index contributed by atoms with van der Waals surface area (Å²) in [6.45, 7) is 0. The van der Waals surface area contributed by atoms with E-state index in [4.69, 9.17) is 0 Å². The smallest absolute Gasteiger partial charge is 0.282 e. The van der Waals surface area contributed by atoms with Crippen molar-refractivity contribution >= 4 is 55.6 Å². The minimum atomic E-state index is -0.633. The molecule has 0 heterocycles. The van der Waals surface area contributed by atoms with Gasteiger partial charge in [0, 0.05) is 17.8 Å². The van der Waals surface area contributed by atoms with Crippen LogP contribution in [0.3, 0.4) is 0 Å². The van der Waals surface area contributed by atoms with Crippen LogP contribution in [0.5, 0.6) is 0 Å². The maximum absolute atomic E-state index is 13.7. The van der Waals surface area contributed by atoms with Crippen molar-refractivity contribution in [1.29, 1.82) is 0 Å². The Kier molecular flexibility index (Phi) is 4.53. The van der Waals surface area contributed by atoms with Crippen LogP contribution in [0, 0.1) is 25.3 Å². The second-order valence-electron chi connectivity index (χ2n) is 3.79. The summed E-state index contributed by atoms with van der Waals surface area (Å²) in [6, 6.07) is 6.23. The van der Waals surface area contributed by atoms with E-state index >= 15 is 0 Å². The third-order valence-corrected chi connectivity index (χ3v) is 3.91. The van der Waals surface area contributed by atoms with E-state index in [-0.39, 0.29) is 15.8 Å². The van der Waals surface area contributed by atoms with Gasteiger partial charge in [0.05, 0.1) is 18.7 Å². The summed E-state index contributed by atoms with van der Waals surface area (Å²) < 4.78 is 27.4. The first-order chi connectivity index (χ1) is 9.38. The van der Waals surface area contributed by atoms with Gasteiger partial charge >= 0.3 is 0 Å². The number of benzene rings is 2. The van der Waals surface area contributed by atoms with Crippen LogP contribution in [-0.2, 0) is 0 Å². The van der Waals surface area contributed by atoms with Crippen molar-refractivity contribution in [3.8, 4) is 0 Å². The van der Waals surface area contributed by atoms with Gasteiger partial charge in [-0.25, -0.2) is 8.78 Å². The average Bonchev–Trinajstić information content (AvgIpc) is 2.35. The van der Waals surface area contributed by atoms with Gasteiger partial charge in [-0.1, -0.05) is 0 Å². The molecule has 0 unspecified atom stereocenters. The summed E-state index contributed by atoms with van der Waals surface area (Å²) in [4.78, 5) is 10.2. The predicted octanol–water partition coefficient (Wildman–Crippen LogP) is 4.98. The molecular formula is C12H6BrF2IN2O2. The topological polar surface area (TPSA) is 55.2 Å². The van der Waals surface area contributed by atoms with Crippen LogP contribution in [0.25, 0.3) is 0 Å². The van der Waals surface area contributed by atoms with Gasteiger partial charge in [-0.05, 0) is 56.7 Å². The van der Waals surface area contributed by atoms with Crippen molar-refractivity contribution < 1.29 is 13.7 Å². The fraction of sp³-hybridized carbons (Fsp3) is 0. The molecular weight excluding hydrogens is 449 g/mol. The second kappa shape index (κ2) is 6.00. The standard InChI is InChI=1S/C12H6BrF2IN2O2/c13-7-4-9(15)11(5-8(7)14)17-6-1-2-12(18(19)20)10(16)3-6/h1-5,17H. The Labute approximate surface area is 134 Å². The van der Waals surface area contributed by atoms with E-state index in [2.05, 4.69) is 21.2 Å². The third-order valence-electron chi connectivity index (χ3n) is 2.43. The molecule has 0 amide bonds. The van der Waals surface area contributed by atoms with Crippen molar-refractivity contribution in [3.05, 3.63) is 60.1 Å². The average molecular weight is 455 g/mol. The largest absolute Gasteiger partial charge is 0.353 e. The molecule has 0 saturated carbocycles. The first kappa shape index (κ1) is 15.1. The molecule has 2 aromatic rings. The Morgan fingerprint density at radius 2 is 1.90 bits per heavy atom. The van der Waals surface area contributed by atoms with Crippen LogP contribution in [0.2, 0.25) is 0 Å². The summed E-state index contributed by atoms with van der Waals surface area (Å²) in [5.74, 6) is -1.24. The molecule has 0 atom stereocenters. The van der Waals surface area contributed by atoms with Crippen LogP contribution in [-0.4, -0.2) is 4.92 Å². The molecule has 0 saturated heterocycles. The maximum Gasteiger partial charge on any atom is 0.282 e. The van der Waals surface area contributed by atoms with E-state index in [1.54, 1.807) is 0 Å². The monoisotopic (exact) mass is 454 g/mol. The molecule has 0 bridgehead atoms. The fourth-order valence-electron chi connectivity index (χ4n) is 1.51. The SMILES string of the molecule is O=[N+]([O-])c1ccc(Nc2cc(F)c(Br)cc2F)cc1I. The van der Waals surface area contributed by atoms with Crippen molar-refractivity contribution in [3.63, 3.8) is 0 Å². The Morgan fingerprint density at radius 3 is 2.50 bits per heavy atom. The number of hydrogen-bond donors (Lipinski definition) is 1. The quantitative estimate of drug-likeness (QED) is 0.308. The molecule has 0 aliphatic heterocycles. The van der Waals surface area contributed by atoms with E-state index in [0.717, 1.165) is 12.1 Å². The van der Waals surface area contributed by atoms with Crippen LogP contribution in [0.15, 0.2) is 34.8 Å². The van der Waals surface area contributed by atoms with E-state index in [9.17, 15) is 18.9 Å². The fourth-order valence-corrected chi connectivity index (χ4v) is 2.53. The lowest BCUT2D eigenvalue weighted by Crippen LogP contribution is -1.97. The van der Waals surface area contributed by atoms with Gasteiger partial charge in [0.2, 0.25) is 0 Å². The normalized spacial score (nSPS) is 10.4. The number of nitrogens with one attached hydrogen (secondary N) is 1. The van der Waals surface area contributed by atoms with Crippen molar-refractivity contribution in [2.45, 2.75) is 0 Å². The minimum Gasteiger partial charge on any atom is -0.353 e. The lowest BCUT2D eigenvalue weighted by Gasteiger charge is -2.09. The highest BCUT2D eigenvalue weighted by Crippen LogP contribution is 2.29. The molecule has 1 N–H and O–H groups in total. The number of nitrogens with zero attached hydrogens (tertiary/aromatic N) is 1. The van der Waals surface area contributed by atoms with Crippen LogP contribution in [0.1, 0.15) is 0 Å². The lowest BCUT2D eigenvalue weighted by atomic mass is 10.2. The molecule has 20 heavy (non-hydrogen) atoms. The van der Waals surface area contributed by atoms with Gasteiger partial charge < -0.3 is 5.32 Å². The summed E-state index contributed by atoms with van der Waals surface area (Å²) in [7, 11) is 0. The zero-order valence-corrected chi connectivity index (χ0v) is 13.4. The van der Waals surface area contributed by atoms with Gasteiger partial charge in [0.1, 0.15) is 11.6 Å². The molecule has 2 aromatic carbocycles. The van der Waals surface area contributed by atoms with Crippen molar-refractivity contribution in [2.75, 3.05) is 5.32 Å². The van der Waals surface area contributed by atoms with Crippen LogP contribution in [0.4, 0.5) is 25.8 Å². The van der Waals surface area contributed by atoms with Gasteiger partial charge in [0.25, 0.3) is 5.69 Å². The molecule has 2 rings (SSSR count). The molecule has 8 heteroatoms. The Hall–Kier alpha value is -1.29. The number of rotatable bonds is 3. The zero-order valence-electron chi connectivity index (χ0n) is 9.66. The number of anilines is 2. The van der Waals surface area contributed by atoms with Crippen molar-refractivity contribution in [1.82, 2.24) is 0 Å². The third kappa shape index (κ3) is 3.23. The van der Waals surface area contributed by atoms with Crippen molar-refractivity contribution in [2.24, 2.45) is 0 Å². The van der Waals surface area contributed by atoms with E-state index in [1.807, 2.05) is 22.6 Å². The maximum atomic E-state index is 13.7. The molecule has 4 nitrogen and oxygen atoms in total. The van der Waals surface area contributed by atoms with E-state index in [0.29, 0.717) is 9.26 Å². The Morgan fingerprint density at radius 1 is 1.20 bits per heavy atom. The molecule has 0 fully saturated rings. The summed E-state index contributed by atoms with van der Waals surface area (Å²) in [6.07, 6.45) is 0. The Balaban J connectivity index is 2.33. The predicted molar refractivity (Wildman–Crippen MR) is 83.2 cm³/mol. The highest BCUT2D eigenvalue weighted by Gasteiger charge is 2.13. The summed E-state index contributed by atoms with van der Waals surface area (Å²) in [5.41, 5.74) is 0.342. The van der Waals surface area contributed by atoms with Gasteiger partial charge in [0.15, 0.2) is 0 Å². The van der Waals surface area contributed by atoms with E-state index < -0.39 is 16.6 Å². The number of nitro benzene ring substituents is 1. The second-order valence-corrected chi connectivity index (χ2v) is 5.81. The molecule has 0 radical (unpaired) electrons. The highest BCUT2D eigenvalue weighted by molar-refractivity contribution is 14.1. The first-order valence-electron chi connectivity index (χ1n) is 5.24. The number of nitro groups is 1.